The summed E-state index contributed by atoms with van der Waals surface area (Å²) < 4.78 is 17.2. The molecule has 1 heterocycles. The average molecular weight is 476 g/mol. The lowest BCUT2D eigenvalue weighted by atomic mass is 10.2. The Labute approximate surface area is 203 Å². The zero-order valence-electron chi connectivity index (χ0n) is 18.8. The van der Waals surface area contributed by atoms with Crippen LogP contribution in [0.1, 0.15) is 11.1 Å². The molecule has 3 aromatic rings. The zero-order valence-corrected chi connectivity index (χ0v) is 19.6. The SMILES string of the molecule is Cc1cccc(OCCN2C(=O)S/C(=C\c3ccccc3OCCOc3ccccc3)C2=O)c1. The molecule has 0 aliphatic carbocycles. The van der Waals surface area contributed by atoms with Crippen LogP contribution in [0.25, 0.3) is 6.08 Å². The molecule has 1 aliphatic heterocycles. The summed E-state index contributed by atoms with van der Waals surface area (Å²) in [7, 11) is 0. The fraction of sp³-hybridized carbons (Fsp3) is 0.185. The van der Waals surface area contributed by atoms with Crippen molar-refractivity contribution < 1.29 is 23.8 Å². The van der Waals surface area contributed by atoms with Gasteiger partial charge in [-0.15, -0.1) is 0 Å². The molecule has 0 spiro atoms. The van der Waals surface area contributed by atoms with Gasteiger partial charge in [-0.25, -0.2) is 0 Å². The summed E-state index contributed by atoms with van der Waals surface area (Å²) in [6, 6.07) is 24.6. The van der Waals surface area contributed by atoms with E-state index in [4.69, 9.17) is 14.2 Å². The van der Waals surface area contributed by atoms with E-state index in [1.807, 2.05) is 85.8 Å². The van der Waals surface area contributed by atoms with Gasteiger partial charge in [-0.1, -0.05) is 48.5 Å². The largest absolute Gasteiger partial charge is 0.492 e. The molecular formula is C27H25NO5S. The van der Waals surface area contributed by atoms with Crippen molar-refractivity contribution in [3.8, 4) is 17.2 Å². The summed E-state index contributed by atoms with van der Waals surface area (Å²) in [4.78, 5) is 26.9. The third-order valence-electron chi connectivity index (χ3n) is 5.01. The lowest BCUT2D eigenvalue weighted by Gasteiger charge is -2.13. The third kappa shape index (κ3) is 6.20. The Balaban J connectivity index is 1.34. The van der Waals surface area contributed by atoms with E-state index in [2.05, 4.69) is 0 Å². The van der Waals surface area contributed by atoms with Crippen molar-refractivity contribution in [3.05, 3.63) is 94.9 Å². The highest BCUT2D eigenvalue weighted by Crippen LogP contribution is 2.33. The molecule has 1 aliphatic rings. The topological polar surface area (TPSA) is 65.1 Å². The van der Waals surface area contributed by atoms with Crippen molar-refractivity contribution in [2.24, 2.45) is 0 Å². The molecule has 1 saturated heterocycles. The fourth-order valence-corrected chi connectivity index (χ4v) is 4.21. The van der Waals surface area contributed by atoms with Crippen molar-refractivity contribution in [3.63, 3.8) is 0 Å². The van der Waals surface area contributed by atoms with Crippen LogP contribution in [-0.4, -0.2) is 42.4 Å². The molecule has 4 rings (SSSR count). The summed E-state index contributed by atoms with van der Waals surface area (Å²) in [5.41, 5.74) is 1.81. The van der Waals surface area contributed by atoms with Crippen molar-refractivity contribution in [2.45, 2.75) is 6.92 Å². The standard InChI is InChI=1S/C27H25NO5S/c1-20-8-7-12-23(18-20)31-15-14-28-26(29)25(34-27(28)30)19-21-9-5-6-13-24(21)33-17-16-32-22-10-3-2-4-11-22/h2-13,18-19H,14-17H2,1H3/b25-19-. The fourth-order valence-electron chi connectivity index (χ4n) is 3.35. The van der Waals surface area contributed by atoms with Crippen LogP contribution < -0.4 is 14.2 Å². The summed E-state index contributed by atoms with van der Waals surface area (Å²) in [6.45, 7) is 3.13. The van der Waals surface area contributed by atoms with Gasteiger partial charge in [0.15, 0.2) is 0 Å². The van der Waals surface area contributed by atoms with Gasteiger partial charge in [0.05, 0.1) is 11.4 Å². The van der Waals surface area contributed by atoms with Gasteiger partial charge >= 0.3 is 0 Å². The molecule has 7 heteroatoms. The Morgan fingerprint density at radius 2 is 1.50 bits per heavy atom. The molecule has 174 valence electrons. The van der Waals surface area contributed by atoms with Crippen LogP contribution in [0, 0.1) is 6.92 Å². The first kappa shape index (κ1) is 23.4. The first-order valence-corrected chi connectivity index (χ1v) is 11.8. The number of thioether (sulfide) groups is 1. The minimum Gasteiger partial charge on any atom is -0.492 e. The van der Waals surface area contributed by atoms with Gasteiger partial charge in [0, 0.05) is 5.56 Å². The third-order valence-corrected chi connectivity index (χ3v) is 5.91. The van der Waals surface area contributed by atoms with Crippen molar-refractivity contribution in [1.82, 2.24) is 4.90 Å². The number of ether oxygens (including phenoxy) is 3. The Hall–Kier alpha value is -3.71. The van der Waals surface area contributed by atoms with E-state index in [1.165, 1.54) is 4.90 Å². The smallest absolute Gasteiger partial charge is 0.293 e. The molecule has 3 aromatic carbocycles. The molecular weight excluding hydrogens is 450 g/mol. The van der Waals surface area contributed by atoms with Crippen molar-refractivity contribution >= 4 is 29.0 Å². The predicted octanol–water partition coefficient (Wildman–Crippen LogP) is 5.57. The molecule has 0 saturated carbocycles. The van der Waals surface area contributed by atoms with Crippen molar-refractivity contribution in [1.29, 1.82) is 0 Å². The van der Waals surface area contributed by atoms with Crippen LogP contribution in [0.3, 0.4) is 0 Å². The highest BCUT2D eigenvalue weighted by Gasteiger charge is 2.35. The quantitative estimate of drug-likeness (QED) is 0.282. The van der Waals surface area contributed by atoms with Gasteiger partial charge in [0.25, 0.3) is 11.1 Å². The number of imide groups is 1. The molecule has 2 amide bonds. The van der Waals surface area contributed by atoms with E-state index in [0.29, 0.717) is 29.6 Å². The number of para-hydroxylation sites is 2. The van der Waals surface area contributed by atoms with Gasteiger partial charge in [0.1, 0.15) is 37.1 Å². The molecule has 0 bridgehead atoms. The summed E-state index contributed by atoms with van der Waals surface area (Å²) in [5.74, 6) is 1.78. The maximum Gasteiger partial charge on any atom is 0.293 e. The first-order valence-electron chi connectivity index (χ1n) is 10.9. The van der Waals surface area contributed by atoms with E-state index < -0.39 is 0 Å². The van der Waals surface area contributed by atoms with Gasteiger partial charge in [-0.2, -0.15) is 0 Å². The summed E-state index contributed by atoms with van der Waals surface area (Å²) in [5, 5.41) is -0.307. The maximum atomic E-state index is 12.8. The average Bonchev–Trinajstić information content (AvgIpc) is 3.11. The van der Waals surface area contributed by atoms with Crippen LogP contribution in [0.2, 0.25) is 0 Å². The number of benzene rings is 3. The number of aryl methyl sites for hydroxylation is 1. The second kappa shape index (κ2) is 11.4. The number of nitrogens with zero attached hydrogens (tertiary/aromatic N) is 1. The Bertz CT molecular complexity index is 1180. The number of rotatable bonds is 10. The van der Waals surface area contributed by atoms with Gasteiger partial charge in [-0.3, -0.25) is 14.5 Å². The highest BCUT2D eigenvalue weighted by molar-refractivity contribution is 8.18. The number of carbonyl (C=O) groups excluding carboxylic acids is 2. The normalized spacial score (nSPS) is 14.5. The van der Waals surface area contributed by atoms with E-state index >= 15 is 0 Å². The molecule has 0 aromatic heterocycles. The van der Waals surface area contributed by atoms with Crippen LogP contribution in [0.5, 0.6) is 17.2 Å². The molecule has 0 radical (unpaired) electrons. The Kier molecular flexibility index (Phi) is 7.88. The Morgan fingerprint density at radius 3 is 2.32 bits per heavy atom. The predicted molar refractivity (Wildman–Crippen MR) is 133 cm³/mol. The summed E-state index contributed by atoms with van der Waals surface area (Å²) >= 11 is 0.922. The molecule has 0 atom stereocenters. The molecule has 0 N–H and O–H groups in total. The minimum atomic E-state index is -0.329. The van der Waals surface area contributed by atoms with Crippen LogP contribution in [-0.2, 0) is 4.79 Å². The number of carbonyl (C=O) groups is 2. The lowest BCUT2D eigenvalue weighted by Crippen LogP contribution is -2.32. The number of hydrogen-bond acceptors (Lipinski definition) is 6. The maximum absolute atomic E-state index is 12.8. The lowest BCUT2D eigenvalue weighted by molar-refractivity contribution is -0.123. The van der Waals surface area contributed by atoms with E-state index in [-0.39, 0.29) is 24.3 Å². The number of hydrogen-bond donors (Lipinski definition) is 0. The molecule has 6 nitrogen and oxygen atoms in total. The first-order chi connectivity index (χ1) is 16.6. The van der Waals surface area contributed by atoms with E-state index in [0.717, 1.165) is 28.6 Å². The van der Waals surface area contributed by atoms with Gasteiger partial charge < -0.3 is 14.2 Å². The van der Waals surface area contributed by atoms with E-state index in [9.17, 15) is 9.59 Å². The highest BCUT2D eigenvalue weighted by atomic mass is 32.2. The zero-order chi connectivity index (χ0) is 23.8. The van der Waals surface area contributed by atoms with Crippen LogP contribution in [0.15, 0.2) is 83.8 Å². The second-order valence-corrected chi connectivity index (χ2v) is 8.54. The van der Waals surface area contributed by atoms with Gasteiger partial charge in [0.2, 0.25) is 0 Å². The molecule has 1 fully saturated rings. The van der Waals surface area contributed by atoms with Crippen LogP contribution >= 0.6 is 11.8 Å². The monoisotopic (exact) mass is 475 g/mol. The summed E-state index contributed by atoms with van der Waals surface area (Å²) in [6.07, 6.45) is 1.69. The number of amides is 2. The molecule has 34 heavy (non-hydrogen) atoms. The van der Waals surface area contributed by atoms with Crippen molar-refractivity contribution in [2.75, 3.05) is 26.4 Å². The Morgan fingerprint density at radius 1 is 0.794 bits per heavy atom. The van der Waals surface area contributed by atoms with Crippen LogP contribution in [0.4, 0.5) is 4.79 Å². The molecule has 0 unspecified atom stereocenters. The minimum absolute atomic E-state index is 0.185. The van der Waals surface area contributed by atoms with E-state index in [1.54, 1.807) is 6.08 Å². The second-order valence-electron chi connectivity index (χ2n) is 7.55. The van der Waals surface area contributed by atoms with Gasteiger partial charge in [-0.05, 0) is 60.7 Å².